The van der Waals surface area contributed by atoms with E-state index in [1.807, 2.05) is 6.07 Å². The van der Waals surface area contributed by atoms with Crippen molar-refractivity contribution in [3.8, 4) is 11.1 Å². The lowest BCUT2D eigenvalue weighted by Gasteiger charge is -2.19. The number of nitro groups is 1. The number of hydrogen-bond acceptors (Lipinski definition) is 4. The predicted octanol–water partition coefficient (Wildman–Crippen LogP) is 12.2. The first-order valence-corrected chi connectivity index (χ1v) is 16.7. The van der Waals surface area contributed by atoms with E-state index in [1.54, 1.807) is 12.1 Å². The van der Waals surface area contributed by atoms with Crippen LogP contribution in [-0.2, 0) is 0 Å². The molecule has 1 aliphatic rings. The summed E-state index contributed by atoms with van der Waals surface area (Å²) in [4.78, 5) is 22.5. The van der Waals surface area contributed by atoms with Crippen LogP contribution in [0.5, 0.6) is 0 Å². The zero-order chi connectivity index (χ0) is 33.6. The summed E-state index contributed by atoms with van der Waals surface area (Å²) in [6.45, 7) is 17.8. The summed E-state index contributed by atoms with van der Waals surface area (Å²) < 4.78 is 0. The van der Waals surface area contributed by atoms with Crippen LogP contribution in [0.3, 0.4) is 0 Å². The lowest BCUT2D eigenvalue weighted by Crippen LogP contribution is -2.12. The molecule has 0 aliphatic heterocycles. The predicted molar refractivity (Wildman–Crippen MR) is 198 cm³/mol. The molecule has 0 unspecified atom stereocenters. The molecule has 0 amide bonds. The number of rotatable bonds is 8. The van der Waals surface area contributed by atoms with Crippen LogP contribution in [0.1, 0.15) is 112 Å². The molecule has 0 aromatic heterocycles. The number of nitrogens with zero attached hydrogens (tertiary/aromatic N) is 3. The second kappa shape index (κ2) is 12.7. The average molecular weight is 622 g/mol. The third kappa shape index (κ3) is 5.80. The van der Waals surface area contributed by atoms with Gasteiger partial charge in [0.2, 0.25) is 0 Å². The molecular formula is C42H43N3O2. The molecule has 0 N–H and O–H groups in total. The van der Waals surface area contributed by atoms with Gasteiger partial charge < -0.3 is 0 Å². The highest BCUT2D eigenvalue weighted by Crippen LogP contribution is 2.43. The van der Waals surface area contributed by atoms with Crippen LogP contribution in [0.25, 0.3) is 21.9 Å². The van der Waals surface area contributed by atoms with Crippen molar-refractivity contribution in [1.82, 2.24) is 0 Å². The second-order valence-corrected chi connectivity index (χ2v) is 13.8. The van der Waals surface area contributed by atoms with Crippen LogP contribution in [0, 0.1) is 10.1 Å². The Morgan fingerprint density at radius 3 is 1.43 bits per heavy atom. The first-order valence-electron chi connectivity index (χ1n) is 16.7. The quantitative estimate of drug-likeness (QED) is 0.128. The normalized spacial score (nSPS) is 14.6. The van der Waals surface area contributed by atoms with Gasteiger partial charge in [-0.2, -0.15) is 0 Å². The van der Waals surface area contributed by atoms with Crippen molar-refractivity contribution in [2.24, 2.45) is 9.98 Å². The summed E-state index contributed by atoms with van der Waals surface area (Å²) in [6, 6.07) is 30.5. The summed E-state index contributed by atoms with van der Waals surface area (Å²) in [5.41, 5.74) is 12.5. The lowest BCUT2D eigenvalue weighted by atomic mass is 9.92. The van der Waals surface area contributed by atoms with Crippen LogP contribution < -0.4 is 0 Å². The van der Waals surface area contributed by atoms with E-state index in [-0.39, 0.29) is 10.6 Å². The molecule has 0 atom stereocenters. The minimum atomic E-state index is -0.337. The van der Waals surface area contributed by atoms with Crippen LogP contribution in [0.2, 0.25) is 0 Å². The van der Waals surface area contributed by atoms with Gasteiger partial charge in [0.15, 0.2) is 0 Å². The fourth-order valence-electron chi connectivity index (χ4n) is 6.83. The van der Waals surface area contributed by atoms with E-state index in [4.69, 9.17) is 9.98 Å². The van der Waals surface area contributed by atoms with Crippen LogP contribution in [0.4, 0.5) is 17.1 Å². The van der Waals surface area contributed by atoms with Crippen molar-refractivity contribution in [1.29, 1.82) is 0 Å². The Morgan fingerprint density at radius 2 is 0.957 bits per heavy atom. The van der Waals surface area contributed by atoms with E-state index < -0.39 is 0 Å². The highest BCUT2D eigenvalue weighted by atomic mass is 16.6. The summed E-state index contributed by atoms with van der Waals surface area (Å²) in [5.74, 6) is 1.18. The largest absolute Gasteiger partial charge is 0.270 e. The van der Waals surface area contributed by atoms with Gasteiger partial charge in [0.1, 0.15) is 0 Å². The minimum absolute atomic E-state index is 0.0771. The summed E-state index contributed by atoms with van der Waals surface area (Å²) in [7, 11) is 0. The molecule has 47 heavy (non-hydrogen) atoms. The number of aliphatic imine (C=N–C) groups is 2. The zero-order valence-electron chi connectivity index (χ0n) is 28.6. The van der Waals surface area contributed by atoms with Gasteiger partial charge in [0.25, 0.3) is 5.69 Å². The first-order chi connectivity index (χ1) is 22.5. The molecule has 0 spiro atoms. The first kappa shape index (κ1) is 32.1. The van der Waals surface area contributed by atoms with E-state index >= 15 is 0 Å². The van der Waals surface area contributed by atoms with E-state index in [0.29, 0.717) is 23.7 Å². The molecule has 5 heteroatoms. The Morgan fingerprint density at radius 1 is 0.532 bits per heavy atom. The van der Waals surface area contributed by atoms with Crippen LogP contribution in [0.15, 0.2) is 101 Å². The monoisotopic (exact) mass is 621 g/mol. The maximum atomic E-state index is 11.7. The molecule has 5 nitrogen and oxygen atoms in total. The fraction of sp³-hybridized carbons (Fsp3) is 0.286. The third-order valence-corrected chi connectivity index (χ3v) is 9.28. The molecule has 0 saturated heterocycles. The standard InChI is InChI=1S/C42H43N3O2/c1-24(2)30-15-10-16-31(25(3)4)39(30)43-41-36-20-12-19-35-34(28-13-9-14-29(23-28)45(46)47)21-22-37(38(35)36)42(41)44-40-32(26(5)6)17-11-18-33(40)27(7)8/h9-27H,1-8H3. The Balaban J connectivity index is 1.72. The molecule has 238 valence electrons. The number of para-hydroxylation sites is 2. The van der Waals surface area contributed by atoms with Gasteiger partial charge in [-0.15, -0.1) is 0 Å². The third-order valence-electron chi connectivity index (χ3n) is 9.28. The van der Waals surface area contributed by atoms with Gasteiger partial charge in [-0.1, -0.05) is 134 Å². The smallest absolute Gasteiger partial charge is 0.258 e. The van der Waals surface area contributed by atoms with E-state index in [1.165, 1.54) is 28.3 Å². The second-order valence-electron chi connectivity index (χ2n) is 13.8. The number of non-ortho nitro benzene ring substituents is 1. The van der Waals surface area contributed by atoms with Crippen molar-refractivity contribution >= 4 is 39.3 Å². The molecule has 0 heterocycles. The fourth-order valence-corrected chi connectivity index (χ4v) is 6.83. The Kier molecular flexibility index (Phi) is 8.67. The van der Waals surface area contributed by atoms with E-state index in [2.05, 4.69) is 122 Å². The van der Waals surface area contributed by atoms with Crippen molar-refractivity contribution < 1.29 is 4.92 Å². The van der Waals surface area contributed by atoms with Crippen LogP contribution in [-0.4, -0.2) is 16.3 Å². The summed E-state index contributed by atoms with van der Waals surface area (Å²) >= 11 is 0. The summed E-state index contributed by atoms with van der Waals surface area (Å²) in [5, 5.41) is 13.8. The number of nitro benzene ring substituents is 1. The highest BCUT2D eigenvalue weighted by Gasteiger charge is 2.30. The van der Waals surface area contributed by atoms with Crippen LogP contribution >= 0.6 is 0 Å². The highest BCUT2D eigenvalue weighted by molar-refractivity contribution is 6.61. The molecule has 5 aromatic rings. The van der Waals surface area contributed by atoms with E-state index in [0.717, 1.165) is 55.8 Å². The summed E-state index contributed by atoms with van der Waals surface area (Å²) in [6.07, 6.45) is 0. The molecular weight excluding hydrogens is 578 g/mol. The molecule has 0 bridgehead atoms. The van der Waals surface area contributed by atoms with Gasteiger partial charge >= 0.3 is 0 Å². The van der Waals surface area contributed by atoms with Crippen molar-refractivity contribution in [3.63, 3.8) is 0 Å². The van der Waals surface area contributed by atoms with Gasteiger partial charge in [0.05, 0.1) is 27.7 Å². The lowest BCUT2D eigenvalue weighted by molar-refractivity contribution is -0.384. The van der Waals surface area contributed by atoms with Crippen molar-refractivity contribution in [2.75, 3.05) is 0 Å². The van der Waals surface area contributed by atoms with Crippen molar-refractivity contribution in [3.05, 3.63) is 134 Å². The molecule has 5 aromatic carbocycles. The maximum absolute atomic E-state index is 11.7. The van der Waals surface area contributed by atoms with E-state index in [9.17, 15) is 10.1 Å². The van der Waals surface area contributed by atoms with Crippen molar-refractivity contribution in [2.45, 2.75) is 79.1 Å². The van der Waals surface area contributed by atoms with Gasteiger partial charge in [-0.3, -0.25) is 10.1 Å². The van der Waals surface area contributed by atoms with Gasteiger partial charge in [-0.25, -0.2) is 9.98 Å². The Labute approximate surface area is 278 Å². The SMILES string of the molecule is CC(C)c1cccc(C(C)C)c1N=C1C(=Nc2c(C(C)C)cccc2C(C)C)c2ccc(-c3cccc([N+](=O)[O-])c3)c3cccc1c23. The molecule has 1 aliphatic carbocycles. The minimum Gasteiger partial charge on any atom is -0.258 e. The topological polar surface area (TPSA) is 67.9 Å². The number of benzene rings is 5. The molecule has 6 rings (SSSR count). The number of hydrogen-bond donors (Lipinski definition) is 0. The molecule has 0 fully saturated rings. The zero-order valence-corrected chi connectivity index (χ0v) is 28.6. The Bertz CT molecular complexity index is 1940. The average Bonchev–Trinajstić information content (AvgIpc) is 3.34. The molecule has 0 radical (unpaired) electrons. The molecule has 0 saturated carbocycles. The van der Waals surface area contributed by atoms with Gasteiger partial charge in [-0.05, 0) is 62.4 Å². The maximum Gasteiger partial charge on any atom is 0.270 e. The van der Waals surface area contributed by atoms with Gasteiger partial charge in [0, 0.05) is 28.6 Å². The Hall–Kier alpha value is -4.90.